The standard InChI is InChI=1S/C37H56N6O10/c1-27-14-16-29(17-15-27)40-35-34(36(49)37(35)50)39-23-9-6-12-26-42(52)32(47)20-18-30(45)13-7-3-4-10-25-43(53)33(48)21-19-31(46)38-22-8-5-11-24-41(51)28(2)44/h14-17,39-40,51-53H,3-13,18-26H2,1-2H3,(H,38,46). The molecule has 294 valence electrons. The smallest absolute Gasteiger partial charge is 0.253 e. The number of anilines is 3. The average Bonchev–Trinajstić information content (AvgIpc) is 3.14. The summed E-state index contributed by atoms with van der Waals surface area (Å²) in [6, 6.07) is 7.45. The van der Waals surface area contributed by atoms with Gasteiger partial charge in [-0.1, -0.05) is 30.5 Å². The SMILES string of the molecule is CC(=O)N(O)CCCCCNC(=O)CCC(=O)N(O)CCCCCCC(=O)CCC(=O)N(O)CCCCCNc1c(Nc2ccc(C)cc2)c(=O)c1=O. The molecule has 2 aromatic rings. The lowest BCUT2D eigenvalue weighted by Gasteiger charge is -2.16. The number of carbonyl (C=O) groups excluding carboxylic acids is 5. The van der Waals surface area contributed by atoms with Crippen LogP contribution >= 0.6 is 0 Å². The molecule has 0 fully saturated rings. The van der Waals surface area contributed by atoms with Gasteiger partial charge in [-0.15, -0.1) is 0 Å². The highest BCUT2D eigenvalue weighted by Gasteiger charge is 2.21. The molecular formula is C37H56N6O10. The van der Waals surface area contributed by atoms with Gasteiger partial charge in [-0.25, -0.2) is 15.2 Å². The lowest BCUT2D eigenvalue weighted by molar-refractivity contribution is -0.166. The van der Waals surface area contributed by atoms with Gasteiger partial charge in [0.2, 0.25) is 23.6 Å². The molecule has 0 aliphatic carbocycles. The molecule has 0 saturated carbocycles. The van der Waals surface area contributed by atoms with Crippen molar-refractivity contribution in [2.24, 2.45) is 0 Å². The first-order chi connectivity index (χ1) is 25.3. The number of nitrogens with one attached hydrogen (secondary N) is 3. The number of nitrogens with zero attached hydrogens (tertiary/aromatic N) is 3. The molecule has 0 aliphatic rings. The summed E-state index contributed by atoms with van der Waals surface area (Å²) >= 11 is 0. The summed E-state index contributed by atoms with van der Waals surface area (Å²) in [6.45, 7) is 4.52. The zero-order chi connectivity index (χ0) is 39.2. The first kappa shape index (κ1) is 44.5. The fourth-order valence-electron chi connectivity index (χ4n) is 5.31. The molecule has 6 N–H and O–H groups in total. The number of hydroxylamine groups is 6. The van der Waals surface area contributed by atoms with E-state index in [9.17, 15) is 49.2 Å². The van der Waals surface area contributed by atoms with Crippen molar-refractivity contribution in [2.75, 3.05) is 43.4 Å². The van der Waals surface area contributed by atoms with Gasteiger partial charge in [-0.3, -0.25) is 49.2 Å². The fraction of sp³-hybridized carbons (Fsp3) is 0.595. The van der Waals surface area contributed by atoms with E-state index in [1.165, 1.54) is 6.92 Å². The van der Waals surface area contributed by atoms with Gasteiger partial charge < -0.3 is 16.0 Å². The Morgan fingerprint density at radius 2 is 1.09 bits per heavy atom. The van der Waals surface area contributed by atoms with Gasteiger partial charge >= 0.3 is 0 Å². The van der Waals surface area contributed by atoms with Gasteiger partial charge in [-0.2, -0.15) is 0 Å². The summed E-state index contributed by atoms with van der Waals surface area (Å²) < 4.78 is 0. The third kappa shape index (κ3) is 17.6. The zero-order valence-electron chi connectivity index (χ0n) is 31.0. The topological polar surface area (TPSA) is 226 Å². The van der Waals surface area contributed by atoms with Gasteiger partial charge in [0.15, 0.2) is 0 Å². The predicted octanol–water partition coefficient (Wildman–Crippen LogP) is 3.96. The maximum absolute atomic E-state index is 12.2. The molecule has 0 bridgehead atoms. The second kappa shape index (κ2) is 24.5. The van der Waals surface area contributed by atoms with Gasteiger partial charge in [0, 0.05) is 77.4 Å². The first-order valence-electron chi connectivity index (χ1n) is 18.4. The monoisotopic (exact) mass is 744 g/mol. The number of hydrogen-bond acceptors (Lipinski definition) is 12. The lowest BCUT2D eigenvalue weighted by atomic mass is 10.1. The summed E-state index contributed by atoms with van der Waals surface area (Å²) in [4.78, 5) is 83.4. The highest BCUT2D eigenvalue weighted by Crippen LogP contribution is 2.21. The molecule has 4 amide bonds. The van der Waals surface area contributed by atoms with Crippen molar-refractivity contribution >= 4 is 46.5 Å². The van der Waals surface area contributed by atoms with E-state index in [2.05, 4.69) is 16.0 Å². The van der Waals surface area contributed by atoms with Gasteiger partial charge in [0.05, 0.1) is 0 Å². The van der Waals surface area contributed by atoms with E-state index >= 15 is 0 Å². The van der Waals surface area contributed by atoms with Crippen molar-refractivity contribution < 1.29 is 39.6 Å². The molecule has 2 aromatic carbocycles. The molecule has 0 aromatic heterocycles. The number of ketones is 1. The normalized spacial score (nSPS) is 10.9. The van der Waals surface area contributed by atoms with Crippen molar-refractivity contribution in [3.63, 3.8) is 0 Å². The van der Waals surface area contributed by atoms with Crippen LogP contribution in [0.2, 0.25) is 0 Å². The summed E-state index contributed by atoms with van der Waals surface area (Å²) in [5.41, 5.74) is 1.15. The molecule has 2 rings (SSSR count). The van der Waals surface area contributed by atoms with Crippen molar-refractivity contribution in [1.29, 1.82) is 0 Å². The molecule has 0 unspecified atom stereocenters. The largest absolute Gasteiger partial charge is 0.380 e. The average molecular weight is 745 g/mol. The minimum atomic E-state index is -0.566. The summed E-state index contributed by atoms with van der Waals surface area (Å²) in [5, 5.41) is 39.9. The molecule has 0 radical (unpaired) electrons. The Bertz CT molecular complexity index is 1540. The second-order valence-electron chi connectivity index (χ2n) is 13.2. The molecule has 0 aliphatic heterocycles. The van der Waals surface area contributed by atoms with E-state index in [0.717, 1.165) is 5.56 Å². The van der Waals surface area contributed by atoms with E-state index < -0.39 is 28.6 Å². The Hall–Kier alpha value is -4.67. The fourth-order valence-corrected chi connectivity index (χ4v) is 5.31. The number of amides is 4. The third-order valence-electron chi connectivity index (χ3n) is 8.65. The van der Waals surface area contributed by atoms with Crippen LogP contribution < -0.4 is 26.8 Å². The number of Topliss-reactive ketones (excluding diaryl/α,β-unsaturated/α-hetero) is 1. The van der Waals surface area contributed by atoms with Crippen LogP contribution in [0.15, 0.2) is 33.9 Å². The van der Waals surface area contributed by atoms with E-state index in [-0.39, 0.29) is 74.8 Å². The molecule has 0 spiro atoms. The van der Waals surface area contributed by atoms with E-state index in [4.69, 9.17) is 0 Å². The van der Waals surface area contributed by atoms with Crippen LogP contribution in [-0.4, -0.2) is 92.9 Å². The Kier molecular flexibility index (Phi) is 20.6. The lowest BCUT2D eigenvalue weighted by Crippen LogP contribution is -2.36. The number of unbranched alkanes of at least 4 members (excludes halogenated alkanes) is 7. The van der Waals surface area contributed by atoms with Crippen molar-refractivity contribution in [3.8, 4) is 0 Å². The number of carbonyl (C=O) groups is 5. The van der Waals surface area contributed by atoms with Crippen molar-refractivity contribution in [3.05, 3.63) is 50.3 Å². The van der Waals surface area contributed by atoms with Crippen LogP contribution in [-0.2, 0) is 24.0 Å². The summed E-state index contributed by atoms with van der Waals surface area (Å²) in [5.74, 6) is -1.91. The quantitative estimate of drug-likeness (QED) is 0.0315. The molecule has 0 atom stereocenters. The van der Waals surface area contributed by atoms with E-state index in [1.54, 1.807) is 0 Å². The number of benzene rings is 1. The first-order valence-corrected chi connectivity index (χ1v) is 18.4. The zero-order valence-corrected chi connectivity index (χ0v) is 31.0. The van der Waals surface area contributed by atoms with E-state index in [0.29, 0.717) is 98.2 Å². The van der Waals surface area contributed by atoms with Crippen LogP contribution in [0.25, 0.3) is 0 Å². The van der Waals surface area contributed by atoms with Crippen LogP contribution in [0.5, 0.6) is 0 Å². The van der Waals surface area contributed by atoms with Crippen LogP contribution in [0.4, 0.5) is 17.1 Å². The predicted molar refractivity (Wildman–Crippen MR) is 198 cm³/mol. The van der Waals surface area contributed by atoms with Gasteiger partial charge in [0.1, 0.15) is 17.2 Å². The molecule has 53 heavy (non-hydrogen) atoms. The molecule has 16 heteroatoms. The van der Waals surface area contributed by atoms with Crippen molar-refractivity contribution in [2.45, 2.75) is 110 Å². The Morgan fingerprint density at radius 1 is 0.585 bits per heavy atom. The second-order valence-corrected chi connectivity index (χ2v) is 13.2. The summed E-state index contributed by atoms with van der Waals surface area (Å²) in [7, 11) is 0. The van der Waals surface area contributed by atoms with Gasteiger partial charge in [-0.05, 0) is 70.4 Å². The minimum Gasteiger partial charge on any atom is -0.380 e. The van der Waals surface area contributed by atoms with Gasteiger partial charge in [0.25, 0.3) is 10.9 Å². The number of aryl methyl sites for hydroxylation is 1. The maximum atomic E-state index is 12.2. The molecule has 0 saturated heterocycles. The molecule has 0 heterocycles. The Balaban J connectivity index is 1.45. The Labute approximate surface area is 310 Å². The van der Waals surface area contributed by atoms with Crippen molar-refractivity contribution in [1.82, 2.24) is 20.5 Å². The maximum Gasteiger partial charge on any atom is 0.253 e. The highest BCUT2D eigenvalue weighted by molar-refractivity contribution is 5.84. The molecule has 16 nitrogen and oxygen atoms in total. The van der Waals surface area contributed by atoms with Crippen LogP contribution in [0.3, 0.4) is 0 Å². The highest BCUT2D eigenvalue weighted by atomic mass is 16.5. The van der Waals surface area contributed by atoms with Crippen LogP contribution in [0, 0.1) is 6.92 Å². The summed E-state index contributed by atoms with van der Waals surface area (Å²) in [6.07, 6.45) is 6.31. The molecular weight excluding hydrogens is 688 g/mol. The number of hydrogen-bond donors (Lipinski definition) is 6. The third-order valence-corrected chi connectivity index (χ3v) is 8.65. The minimum absolute atomic E-state index is 0.0245. The van der Waals surface area contributed by atoms with Crippen LogP contribution in [0.1, 0.15) is 109 Å². The Morgan fingerprint density at radius 3 is 1.70 bits per heavy atom. The number of rotatable bonds is 28. The van der Waals surface area contributed by atoms with E-state index in [1.807, 2.05) is 31.2 Å².